The summed E-state index contributed by atoms with van der Waals surface area (Å²) in [7, 11) is 8.27. The Morgan fingerprint density at radius 1 is 1.40 bits per heavy atom. The van der Waals surface area contributed by atoms with Crippen molar-refractivity contribution >= 4 is 5.91 Å². The third kappa shape index (κ3) is 3.51. The standard InChI is InChI=1S/C15H32N4O/c1-12(10-14(2,17-3)13(16)20)19(6)11-15(18(4)5)8-7-9-15/h12,17H,7-11H2,1-6H3,(H2,16,20). The van der Waals surface area contributed by atoms with Crippen LogP contribution in [0.2, 0.25) is 0 Å². The van der Waals surface area contributed by atoms with Gasteiger partial charge in [0.25, 0.3) is 0 Å². The maximum absolute atomic E-state index is 11.6. The number of primary amides is 1. The number of nitrogens with zero attached hydrogens (tertiary/aromatic N) is 2. The minimum atomic E-state index is -0.640. The lowest BCUT2D eigenvalue weighted by Crippen LogP contribution is -2.59. The lowest BCUT2D eigenvalue weighted by atomic mass is 9.75. The molecule has 0 radical (unpaired) electrons. The number of carbonyl (C=O) groups is 1. The molecule has 5 heteroatoms. The van der Waals surface area contributed by atoms with Gasteiger partial charge >= 0.3 is 0 Å². The summed E-state index contributed by atoms with van der Waals surface area (Å²) < 4.78 is 0. The molecule has 0 aromatic carbocycles. The monoisotopic (exact) mass is 284 g/mol. The molecule has 0 aliphatic heterocycles. The molecule has 0 bridgehead atoms. The number of rotatable bonds is 8. The van der Waals surface area contributed by atoms with Gasteiger partial charge in [0.2, 0.25) is 5.91 Å². The van der Waals surface area contributed by atoms with Crippen molar-refractivity contribution in [3.8, 4) is 0 Å². The van der Waals surface area contributed by atoms with Crippen LogP contribution in [0.1, 0.15) is 39.5 Å². The second-order valence-electron chi connectivity index (χ2n) is 6.89. The molecule has 3 N–H and O–H groups in total. The van der Waals surface area contributed by atoms with Crippen LogP contribution >= 0.6 is 0 Å². The molecule has 118 valence electrons. The molecule has 0 aromatic rings. The Morgan fingerprint density at radius 3 is 2.25 bits per heavy atom. The number of likely N-dealkylation sites (N-methyl/N-ethyl adjacent to an activating group) is 3. The van der Waals surface area contributed by atoms with E-state index in [-0.39, 0.29) is 5.91 Å². The Morgan fingerprint density at radius 2 is 1.95 bits per heavy atom. The molecule has 1 aliphatic rings. The first-order chi connectivity index (χ1) is 9.17. The summed E-state index contributed by atoms with van der Waals surface area (Å²) >= 11 is 0. The van der Waals surface area contributed by atoms with Crippen LogP contribution in [-0.4, -0.2) is 67.6 Å². The van der Waals surface area contributed by atoms with Gasteiger partial charge in [0.1, 0.15) is 0 Å². The van der Waals surface area contributed by atoms with Gasteiger partial charge in [-0.25, -0.2) is 0 Å². The molecule has 0 heterocycles. The van der Waals surface area contributed by atoms with Gasteiger partial charge in [-0.1, -0.05) is 0 Å². The molecule has 20 heavy (non-hydrogen) atoms. The van der Waals surface area contributed by atoms with Crippen LogP contribution in [0, 0.1) is 0 Å². The fourth-order valence-corrected chi connectivity index (χ4v) is 3.02. The van der Waals surface area contributed by atoms with Gasteiger partial charge in [0.05, 0.1) is 5.54 Å². The number of nitrogens with one attached hydrogen (secondary N) is 1. The minimum absolute atomic E-state index is 0.286. The normalized spacial score (nSPS) is 22.4. The third-order valence-corrected chi connectivity index (χ3v) is 5.33. The summed E-state index contributed by atoms with van der Waals surface area (Å²) in [5, 5.41) is 3.07. The highest BCUT2D eigenvalue weighted by atomic mass is 16.1. The molecule has 1 saturated carbocycles. The predicted octanol–water partition coefficient (Wildman–Crippen LogP) is 0.645. The first kappa shape index (κ1) is 17.4. The molecule has 2 atom stereocenters. The van der Waals surface area contributed by atoms with E-state index in [0.717, 1.165) is 13.0 Å². The molecule has 0 spiro atoms. The maximum atomic E-state index is 11.6. The zero-order chi connectivity index (χ0) is 15.6. The Hall–Kier alpha value is -0.650. The topological polar surface area (TPSA) is 61.6 Å². The second kappa shape index (κ2) is 6.41. The predicted molar refractivity (Wildman–Crippen MR) is 83.6 cm³/mol. The molecule has 5 nitrogen and oxygen atoms in total. The molecule has 1 rings (SSSR count). The third-order valence-electron chi connectivity index (χ3n) is 5.33. The van der Waals surface area contributed by atoms with Crippen LogP contribution in [0.5, 0.6) is 0 Å². The highest BCUT2D eigenvalue weighted by molar-refractivity contribution is 5.84. The van der Waals surface area contributed by atoms with Gasteiger partial charge in [-0.05, 0) is 67.7 Å². The Labute approximate surface area is 123 Å². The van der Waals surface area contributed by atoms with Crippen LogP contribution in [-0.2, 0) is 4.79 Å². The second-order valence-corrected chi connectivity index (χ2v) is 6.89. The average Bonchev–Trinajstić information content (AvgIpc) is 2.32. The van der Waals surface area contributed by atoms with Crippen molar-refractivity contribution in [2.75, 3.05) is 34.7 Å². The Bertz CT molecular complexity index is 341. The smallest absolute Gasteiger partial charge is 0.237 e. The number of hydrogen-bond acceptors (Lipinski definition) is 4. The van der Waals surface area contributed by atoms with Crippen molar-refractivity contribution in [2.45, 2.75) is 56.7 Å². The lowest BCUT2D eigenvalue weighted by Gasteiger charge is -2.50. The maximum Gasteiger partial charge on any atom is 0.237 e. The van der Waals surface area contributed by atoms with Gasteiger partial charge in [0.15, 0.2) is 0 Å². The minimum Gasteiger partial charge on any atom is -0.368 e. The lowest BCUT2D eigenvalue weighted by molar-refractivity contribution is -0.124. The highest BCUT2D eigenvalue weighted by Crippen LogP contribution is 2.37. The summed E-state index contributed by atoms with van der Waals surface area (Å²) in [5.74, 6) is -0.286. The molecule has 2 unspecified atom stereocenters. The van der Waals surface area contributed by atoms with E-state index in [4.69, 9.17) is 5.73 Å². The Balaban J connectivity index is 2.63. The van der Waals surface area contributed by atoms with Crippen molar-refractivity contribution in [3.05, 3.63) is 0 Å². The number of amides is 1. The molecular formula is C15H32N4O. The van der Waals surface area contributed by atoms with Gasteiger partial charge in [-0.3, -0.25) is 4.79 Å². The molecule has 0 saturated heterocycles. The van der Waals surface area contributed by atoms with E-state index in [1.165, 1.54) is 19.3 Å². The van der Waals surface area contributed by atoms with Crippen LogP contribution in [0.4, 0.5) is 0 Å². The SMILES string of the molecule is CNC(C)(CC(C)N(C)CC1(N(C)C)CCC1)C(N)=O. The fourth-order valence-electron chi connectivity index (χ4n) is 3.02. The van der Waals surface area contributed by atoms with Gasteiger partial charge in [-0.2, -0.15) is 0 Å². The molecule has 1 aliphatic carbocycles. The van der Waals surface area contributed by atoms with E-state index < -0.39 is 5.54 Å². The molecule has 1 fully saturated rings. The number of nitrogens with two attached hydrogens (primary N) is 1. The van der Waals surface area contributed by atoms with E-state index in [1.54, 1.807) is 7.05 Å². The highest BCUT2D eigenvalue weighted by Gasteiger charge is 2.41. The van der Waals surface area contributed by atoms with E-state index >= 15 is 0 Å². The largest absolute Gasteiger partial charge is 0.368 e. The summed E-state index contributed by atoms with van der Waals surface area (Å²) in [6.07, 6.45) is 4.56. The summed E-state index contributed by atoms with van der Waals surface area (Å²) in [6.45, 7) is 5.09. The first-order valence-electron chi connectivity index (χ1n) is 7.53. The van der Waals surface area contributed by atoms with Gasteiger partial charge in [-0.15, -0.1) is 0 Å². The van der Waals surface area contributed by atoms with Crippen molar-refractivity contribution in [3.63, 3.8) is 0 Å². The first-order valence-corrected chi connectivity index (χ1v) is 7.53. The number of hydrogen-bond donors (Lipinski definition) is 2. The van der Waals surface area contributed by atoms with Crippen LogP contribution in [0.15, 0.2) is 0 Å². The Kier molecular flexibility index (Phi) is 5.58. The van der Waals surface area contributed by atoms with E-state index in [1.807, 2.05) is 6.92 Å². The molecule has 0 aromatic heterocycles. The van der Waals surface area contributed by atoms with E-state index in [0.29, 0.717) is 11.6 Å². The fraction of sp³-hybridized carbons (Fsp3) is 0.933. The summed E-state index contributed by atoms with van der Waals surface area (Å²) in [5.41, 5.74) is 5.19. The van der Waals surface area contributed by atoms with Gasteiger partial charge < -0.3 is 20.9 Å². The van der Waals surface area contributed by atoms with Crippen LogP contribution < -0.4 is 11.1 Å². The van der Waals surface area contributed by atoms with Crippen molar-refractivity contribution < 1.29 is 4.79 Å². The van der Waals surface area contributed by atoms with Crippen molar-refractivity contribution in [1.82, 2.24) is 15.1 Å². The molecular weight excluding hydrogens is 252 g/mol. The zero-order valence-corrected chi connectivity index (χ0v) is 14.0. The number of carbonyl (C=O) groups excluding carboxylic acids is 1. The van der Waals surface area contributed by atoms with Crippen LogP contribution in [0.25, 0.3) is 0 Å². The quantitative estimate of drug-likeness (QED) is 0.687. The van der Waals surface area contributed by atoms with E-state index in [9.17, 15) is 4.79 Å². The zero-order valence-electron chi connectivity index (χ0n) is 14.0. The molecule has 1 amide bonds. The van der Waals surface area contributed by atoms with Crippen LogP contribution in [0.3, 0.4) is 0 Å². The van der Waals surface area contributed by atoms with E-state index in [2.05, 4.69) is 43.2 Å². The summed E-state index contributed by atoms with van der Waals surface area (Å²) in [4.78, 5) is 16.3. The summed E-state index contributed by atoms with van der Waals surface area (Å²) in [6, 6.07) is 0.303. The average molecular weight is 284 g/mol. The van der Waals surface area contributed by atoms with Crippen molar-refractivity contribution in [1.29, 1.82) is 0 Å². The van der Waals surface area contributed by atoms with Gasteiger partial charge in [0, 0.05) is 18.1 Å². The van der Waals surface area contributed by atoms with Crippen molar-refractivity contribution in [2.24, 2.45) is 5.73 Å².